The average Bonchev–Trinajstić information content (AvgIpc) is 2.67. The van der Waals surface area contributed by atoms with Crippen LogP contribution in [0.1, 0.15) is 11.1 Å². The summed E-state index contributed by atoms with van der Waals surface area (Å²) >= 11 is 0. The van der Waals surface area contributed by atoms with E-state index in [4.69, 9.17) is 14.2 Å². The summed E-state index contributed by atoms with van der Waals surface area (Å²) in [5.74, 6) is 2.57. The van der Waals surface area contributed by atoms with Gasteiger partial charge in [-0.1, -0.05) is 30.3 Å². The molecule has 2 aromatic rings. The first kappa shape index (κ1) is 21.9. The topological polar surface area (TPSA) is 64.1 Å². The first-order valence-corrected chi connectivity index (χ1v) is 7.99. The molecule has 0 bridgehead atoms. The van der Waals surface area contributed by atoms with Gasteiger partial charge in [-0.15, -0.1) is 24.0 Å². The normalized spacial score (nSPS) is 10.5. The van der Waals surface area contributed by atoms with Gasteiger partial charge < -0.3 is 24.8 Å². The van der Waals surface area contributed by atoms with E-state index in [-0.39, 0.29) is 24.0 Å². The number of halogens is 1. The number of nitrogens with one attached hydrogen (secondary N) is 2. The molecule has 2 rings (SSSR count). The molecule has 142 valence electrons. The molecule has 26 heavy (non-hydrogen) atoms. The fourth-order valence-corrected chi connectivity index (χ4v) is 2.48. The van der Waals surface area contributed by atoms with E-state index in [0.29, 0.717) is 36.3 Å². The van der Waals surface area contributed by atoms with Crippen molar-refractivity contribution in [2.24, 2.45) is 4.99 Å². The van der Waals surface area contributed by atoms with Crippen molar-refractivity contribution < 1.29 is 14.2 Å². The van der Waals surface area contributed by atoms with Crippen LogP contribution in [0.25, 0.3) is 0 Å². The third kappa shape index (κ3) is 5.69. The quantitative estimate of drug-likeness (QED) is 0.369. The lowest BCUT2D eigenvalue weighted by Crippen LogP contribution is -2.36. The van der Waals surface area contributed by atoms with Crippen molar-refractivity contribution in [1.29, 1.82) is 0 Å². The number of hydrogen-bond acceptors (Lipinski definition) is 4. The summed E-state index contributed by atoms with van der Waals surface area (Å²) in [6, 6.07) is 14.0. The van der Waals surface area contributed by atoms with Crippen LogP contribution in [0.4, 0.5) is 0 Å². The van der Waals surface area contributed by atoms with Crippen LogP contribution < -0.4 is 24.8 Å². The Labute approximate surface area is 172 Å². The van der Waals surface area contributed by atoms with Gasteiger partial charge in [0.25, 0.3) is 0 Å². The molecule has 2 aromatic carbocycles. The molecule has 0 spiro atoms. The van der Waals surface area contributed by atoms with E-state index in [1.54, 1.807) is 28.4 Å². The zero-order chi connectivity index (χ0) is 18.1. The molecule has 0 aromatic heterocycles. The lowest BCUT2D eigenvalue weighted by atomic mass is 10.1. The first-order chi connectivity index (χ1) is 12.2. The highest BCUT2D eigenvalue weighted by Gasteiger charge is 2.15. The smallest absolute Gasteiger partial charge is 0.203 e. The lowest BCUT2D eigenvalue weighted by Gasteiger charge is -2.17. The lowest BCUT2D eigenvalue weighted by molar-refractivity contribution is 0.322. The second kappa shape index (κ2) is 11.5. The van der Waals surface area contributed by atoms with Crippen LogP contribution in [0.3, 0.4) is 0 Å². The third-order valence-electron chi connectivity index (χ3n) is 3.76. The molecule has 0 heterocycles. The molecular formula is C19H26IN3O3. The predicted molar refractivity (Wildman–Crippen MR) is 115 cm³/mol. The molecule has 0 aliphatic rings. The maximum absolute atomic E-state index is 5.50. The van der Waals surface area contributed by atoms with Crippen molar-refractivity contribution in [2.75, 3.05) is 28.4 Å². The minimum absolute atomic E-state index is 0. The standard InChI is InChI=1S/C19H25N3O3.HI/c1-20-19(21-12-14-8-6-5-7-9-14)22-13-15-10-11-16(23-2)18(25-4)17(15)24-3;/h5-11H,12-13H2,1-4H3,(H2,20,21,22);1H. The van der Waals surface area contributed by atoms with E-state index >= 15 is 0 Å². The van der Waals surface area contributed by atoms with Crippen LogP contribution in [0, 0.1) is 0 Å². The summed E-state index contributed by atoms with van der Waals surface area (Å²) in [7, 11) is 6.55. The highest BCUT2D eigenvalue weighted by Crippen LogP contribution is 2.39. The van der Waals surface area contributed by atoms with Gasteiger partial charge in [0.15, 0.2) is 17.5 Å². The van der Waals surface area contributed by atoms with Gasteiger partial charge >= 0.3 is 0 Å². The van der Waals surface area contributed by atoms with Crippen molar-refractivity contribution in [3.05, 3.63) is 53.6 Å². The molecule has 2 N–H and O–H groups in total. The van der Waals surface area contributed by atoms with Gasteiger partial charge in [0, 0.05) is 25.7 Å². The monoisotopic (exact) mass is 471 g/mol. The van der Waals surface area contributed by atoms with Crippen molar-refractivity contribution >= 4 is 29.9 Å². The minimum Gasteiger partial charge on any atom is -0.493 e. The predicted octanol–water partition coefficient (Wildman–Crippen LogP) is 3.20. The fraction of sp³-hybridized carbons (Fsp3) is 0.316. The highest BCUT2D eigenvalue weighted by molar-refractivity contribution is 14.0. The van der Waals surface area contributed by atoms with Gasteiger partial charge in [0.2, 0.25) is 5.75 Å². The Morgan fingerprint density at radius 1 is 0.846 bits per heavy atom. The van der Waals surface area contributed by atoms with Crippen molar-refractivity contribution in [3.8, 4) is 17.2 Å². The van der Waals surface area contributed by atoms with Gasteiger partial charge in [0.05, 0.1) is 21.3 Å². The Hall–Kier alpha value is -2.16. The van der Waals surface area contributed by atoms with E-state index < -0.39 is 0 Å². The van der Waals surface area contributed by atoms with Crippen LogP contribution in [0.5, 0.6) is 17.2 Å². The van der Waals surface area contributed by atoms with Gasteiger partial charge in [-0.05, 0) is 17.7 Å². The van der Waals surface area contributed by atoms with Gasteiger partial charge in [-0.25, -0.2) is 0 Å². The number of benzene rings is 2. The molecular weight excluding hydrogens is 445 g/mol. The molecule has 0 amide bonds. The van der Waals surface area contributed by atoms with Crippen LogP contribution in [0.2, 0.25) is 0 Å². The maximum atomic E-state index is 5.50. The van der Waals surface area contributed by atoms with E-state index in [9.17, 15) is 0 Å². The molecule has 0 unspecified atom stereocenters. The molecule has 0 aliphatic carbocycles. The van der Waals surface area contributed by atoms with Crippen LogP contribution >= 0.6 is 24.0 Å². The zero-order valence-electron chi connectivity index (χ0n) is 15.5. The number of guanidine groups is 1. The summed E-state index contributed by atoms with van der Waals surface area (Å²) in [6.45, 7) is 1.24. The summed E-state index contributed by atoms with van der Waals surface area (Å²) in [6.07, 6.45) is 0. The van der Waals surface area contributed by atoms with E-state index in [2.05, 4.69) is 27.8 Å². The minimum atomic E-state index is 0. The Morgan fingerprint density at radius 2 is 1.50 bits per heavy atom. The second-order valence-electron chi connectivity index (χ2n) is 5.26. The Bertz CT molecular complexity index is 709. The third-order valence-corrected chi connectivity index (χ3v) is 3.76. The van der Waals surface area contributed by atoms with Gasteiger partial charge in [0.1, 0.15) is 0 Å². The zero-order valence-corrected chi connectivity index (χ0v) is 17.9. The largest absolute Gasteiger partial charge is 0.493 e. The van der Waals surface area contributed by atoms with Crippen molar-refractivity contribution in [2.45, 2.75) is 13.1 Å². The molecule has 0 aliphatic heterocycles. The number of ether oxygens (including phenoxy) is 3. The van der Waals surface area contributed by atoms with Crippen LogP contribution in [0.15, 0.2) is 47.5 Å². The molecule has 0 saturated carbocycles. The maximum Gasteiger partial charge on any atom is 0.203 e. The molecule has 0 radical (unpaired) electrons. The van der Waals surface area contributed by atoms with E-state index in [1.165, 1.54) is 5.56 Å². The molecule has 0 atom stereocenters. The van der Waals surface area contributed by atoms with Gasteiger partial charge in [-0.2, -0.15) is 0 Å². The average molecular weight is 471 g/mol. The number of methoxy groups -OCH3 is 3. The summed E-state index contributed by atoms with van der Waals surface area (Å²) < 4.78 is 16.2. The Balaban J connectivity index is 0.00000338. The number of hydrogen-bond donors (Lipinski definition) is 2. The van der Waals surface area contributed by atoms with Crippen LogP contribution in [-0.4, -0.2) is 34.3 Å². The number of nitrogens with zero attached hydrogens (tertiary/aromatic N) is 1. The fourth-order valence-electron chi connectivity index (χ4n) is 2.48. The molecule has 6 nitrogen and oxygen atoms in total. The van der Waals surface area contributed by atoms with E-state index in [0.717, 1.165) is 5.56 Å². The molecule has 0 fully saturated rings. The molecule has 0 saturated heterocycles. The van der Waals surface area contributed by atoms with Gasteiger partial charge in [-0.3, -0.25) is 4.99 Å². The van der Waals surface area contributed by atoms with Crippen molar-refractivity contribution in [1.82, 2.24) is 10.6 Å². The Kier molecular flexibility index (Phi) is 9.64. The highest BCUT2D eigenvalue weighted by atomic mass is 127. The first-order valence-electron chi connectivity index (χ1n) is 7.99. The summed E-state index contributed by atoms with van der Waals surface area (Å²) in [4.78, 5) is 4.25. The van der Waals surface area contributed by atoms with E-state index in [1.807, 2.05) is 30.3 Å². The number of aliphatic imine (C=N–C) groups is 1. The Morgan fingerprint density at radius 3 is 2.08 bits per heavy atom. The molecule has 7 heteroatoms. The second-order valence-corrected chi connectivity index (χ2v) is 5.26. The van der Waals surface area contributed by atoms with Crippen LogP contribution in [-0.2, 0) is 13.1 Å². The summed E-state index contributed by atoms with van der Waals surface area (Å²) in [5, 5.41) is 6.57. The van der Waals surface area contributed by atoms with Crippen molar-refractivity contribution in [3.63, 3.8) is 0 Å². The number of rotatable bonds is 7. The summed E-state index contributed by atoms with van der Waals surface area (Å²) in [5.41, 5.74) is 2.14. The SMILES string of the molecule is CN=C(NCc1ccccc1)NCc1ccc(OC)c(OC)c1OC.I.